The molecule has 2 aromatic heterocycles. The van der Waals surface area contributed by atoms with Gasteiger partial charge in [0.05, 0.1) is 28.1 Å². The van der Waals surface area contributed by atoms with Crippen LogP contribution in [0.25, 0.3) is 78.1 Å². The standard InChI is InChI=1S/C55H37N3/c1-36-13-12-21-48-45(36)29-26-42-33-40(24-30-46(42)48)41-25-31-47-43(34-41)27-32-53-54(47)49-20-10-11-22-52(49)58(53)44-19-9-8-16-38(23-28-44)51-35-50(37-14-4-2-5-15-37)56-55(57-51)39-17-6-3-7-18-39/h2-15,17-18,20-35,42,46H,1H3/b28-23-. The van der Waals surface area contributed by atoms with E-state index in [1.54, 1.807) is 0 Å². The molecule has 3 nitrogen and oxygen atoms in total. The number of nitrogens with zero attached hydrogens (tertiary/aromatic N) is 3. The topological polar surface area (TPSA) is 30.7 Å². The lowest BCUT2D eigenvalue weighted by atomic mass is 9.74. The lowest BCUT2D eigenvalue weighted by Crippen LogP contribution is -2.15. The molecule has 0 radical (unpaired) electrons. The monoisotopic (exact) mass is 739 g/mol. The smallest absolute Gasteiger partial charge is 0.160 e. The summed E-state index contributed by atoms with van der Waals surface area (Å²) >= 11 is 0. The van der Waals surface area contributed by atoms with Crippen molar-refractivity contribution in [1.82, 2.24) is 14.5 Å². The SMILES string of the molecule is Cc1cccc2c1C=CC1C=C(c3ccc4c(ccc5c4c4ccccc4n5C4=C=CC=C=C(c5cc(-c6ccccc6)nc(-c6ccccc6)n5)/C=C\4)c3)C=CC21. The molecule has 272 valence electrons. The Morgan fingerprint density at radius 2 is 1.36 bits per heavy atom. The normalized spacial score (nSPS) is 17.4. The first-order chi connectivity index (χ1) is 28.7. The maximum atomic E-state index is 5.08. The van der Waals surface area contributed by atoms with Crippen molar-refractivity contribution in [3.63, 3.8) is 0 Å². The van der Waals surface area contributed by atoms with Gasteiger partial charge in [-0.3, -0.25) is 0 Å². The number of hydrogen-bond donors (Lipinski definition) is 0. The zero-order chi connectivity index (χ0) is 38.6. The van der Waals surface area contributed by atoms with Crippen LogP contribution in [0.15, 0.2) is 200 Å². The summed E-state index contributed by atoms with van der Waals surface area (Å²) in [6.45, 7) is 2.21. The van der Waals surface area contributed by atoms with Crippen LogP contribution in [-0.4, -0.2) is 14.5 Å². The Hall–Kier alpha value is -7.54. The van der Waals surface area contributed by atoms with Gasteiger partial charge in [-0.25, -0.2) is 9.97 Å². The molecule has 11 rings (SSSR count). The van der Waals surface area contributed by atoms with E-state index in [9.17, 15) is 0 Å². The lowest BCUT2D eigenvalue weighted by molar-refractivity contribution is 0.694. The van der Waals surface area contributed by atoms with Crippen LogP contribution in [-0.2, 0) is 0 Å². The van der Waals surface area contributed by atoms with Crippen molar-refractivity contribution < 1.29 is 0 Å². The van der Waals surface area contributed by atoms with E-state index in [-0.39, 0.29) is 0 Å². The largest absolute Gasteiger partial charge is 0.302 e. The Kier molecular flexibility index (Phi) is 8.08. The molecule has 0 aliphatic heterocycles. The molecule has 0 fully saturated rings. The second-order valence-electron chi connectivity index (χ2n) is 15.2. The molecule has 0 saturated heterocycles. The minimum absolute atomic E-state index is 0.347. The van der Waals surface area contributed by atoms with Gasteiger partial charge < -0.3 is 4.57 Å². The third kappa shape index (κ3) is 5.78. The number of hydrogen-bond acceptors (Lipinski definition) is 2. The number of rotatable bonds is 5. The molecule has 6 aromatic carbocycles. The highest BCUT2D eigenvalue weighted by atomic mass is 15.0. The molecule has 0 amide bonds. The van der Waals surface area contributed by atoms with E-state index in [1.165, 1.54) is 49.4 Å². The Bertz CT molecular complexity index is 3190. The van der Waals surface area contributed by atoms with Gasteiger partial charge >= 0.3 is 0 Å². The van der Waals surface area contributed by atoms with Gasteiger partial charge in [0.15, 0.2) is 5.82 Å². The molecule has 0 saturated carbocycles. The first kappa shape index (κ1) is 33.8. The maximum absolute atomic E-state index is 5.08. The number of fused-ring (bicyclic) bond motifs is 8. The Balaban J connectivity index is 0.977. The molecule has 2 heterocycles. The molecule has 2 atom stereocenters. The van der Waals surface area contributed by atoms with Gasteiger partial charge in [0.1, 0.15) is 0 Å². The number of benzene rings is 6. The van der Waals surface area contributed by atoms with Crippen molar-refractivity contribution in [1.29, 1.82) is 0 Å². The Labute approximate surface area is 337 Å². The van der Waals surface area contributed by atoms with Crippen LogP contribution in [0.3, 0.4) is 0 Å². The van der Waals surface area contributed by atoms with Crippen LogP contribution < -0.4 is 0 Å². The minimum Gasteiger partial charge on any atom is -0.302 e. The number of para-hydroxylation sites is 1. The van der Waals surface area contributed by atoms with Crippen molar-refractivity contribution in [2.75, 3.05) is 0 Å². The quantitative estimate of drug-likeness (QED) is 0.165. The molecule has 0 spiro atoms. The van der Waals surface area contributed by atoms with Crippen LogP contribution in [0.2, 0.25) is 0 Å². The zero-order valence-corrected chi connectivity index (χ0v) is 32.0. The minimum atomic E-state index is 0.347. The van der Waals surface area contributed by atoms with Crippen LogP contribution in [0.1, 0.15) is 33.9 Å². The predicted octanol–water partition coefficient (Wildman–Crippen LogP) is 13.6. The lowest BCUT2D eigenvalue weighted by Gasteiger charge is -2.30. The highest BCUT2D eigenvalue weighted by molar-refractivity contribution is 6.22. The summed E-state index contributed by atoms with van der Waals surface area (Å²) in [6, 6.07) is 49.4. The molecular formula is C55H37N3. The molecule has 3 aliphatic carbocycles. The molecule has 58 heavy (non-hydrogen) atoms. The maximum Gasteiger partial charge on any atom is 0.160 e. The summed E-state index contributed by atoms with van der Waals surface area (Å²) in [5.74, 6) is 1.40. The fourth-order valence-corrected chi connectivity index (χ4v) is 8.92. The summed E-state index contributed by atoms with van der Waals surface area (Å²) < 4.78 is 2.33. The van der Waals surface area contributed by atoms with E-state index in [1.807, 2.05) is 48.6 Å². The zero-order valence-electron chi connectivity index (χ0n) is 32.0. The third-order valence-electron chi connectivity index (χ3n) is 11.8. The van der Waals surface area contributed by atoms with Crippen molar-refractivity contribution in [2.24, 2.45) is 5.92 Å². The van der Waals surface area contributed by atoms with Gasteiger partial charge in [-0.1, -0.05) is 151 Å². The first-order valence-electron chi connectivity index (χ1n) is 19.9. The van der Waals surface area contributed by atoms with Crippen molar-refractivity contribution >= 4 is 55.5 Å². The van der Waals surface area contributed by atoms with E-state index >= 15 is 0 Å². The van der Waals surface area contributed by atoms with E-state index in [4.69, 9.17) is 9.97 Å². The van der Waals surface area contributed by atoms with Crippen LogP contribution in [0.4, 0.5) is 0 Å². The van der Waals surface area contributed by atoms with Gasteiger partial charge in [0.2, 0.25) is 0 Å². The molecule has 0 bridgehead atoms. The van der Waals surface area contributed by atoms with Gasteiger partial charge in [-0.2, -0.15) is 0 Å². The van der Waals surface area contributed by atoms with Crippen molar-refractivity contribution in [3.8, 4) is 22.6 Å². The molecule has 0 N–H and O–H groups in total. The van der Waals surface area contributed by atoms with Gasteiger partial charge in [-0.05, 0) is 94.1 Å². The van der Waals surface area contributed by atoms with E-state index in [0.717, 1.165) is 44.8 Å². The number of aryl methyl sites for hydroxylation is 1. The number of allylic oxidation sites excluding steroid dienone is 9. The molecule has 8 aromatic rings. The second-order valence-corrected chi connectivity index (χ2v) is 15.2. The Morgan fingerprint density at radius 1 is 0.569 bits per heavy atom. The molecule has 2 unspecified atom stereocenters. The average Bonchev–Trinajstić information content (AvgIpc) is 3.61. The van der Waals surface area contributed by atoms with Crippen LogP contribution in [0.5, 0.6) is 0 Å². The molecule has 3 heteroatoms. The fraction of sp³-hybridized carbons (Fsp3) is 0.0545. The van der Waals surface area contributed by atoms with E-state index < -0.39 is 0 Å². The summed E-state index contributed by atoms with van der Waals surface area (Å²) in [6.07, 6.45) is 20.0. The highest BCUT2D eigenvalue weighted by Crippen LogP contribution is 2.43. The summed E-state index contributed by atoms with van der Waals surface area (Å²) in [5.41, 5.74) is 21.4. The summed E-state index contributed by atoms with van der Waals surface area (Å²) in [7, 11) is 0. The van der Waals surface area contributed by atoms with Crippen molar-refractivity contribution in [3.05, 3.63) is 228 Å². The number of aromatic nitrogens is 3. The summed E-state index contributed by atoms with van der Waals surface area (Å²) in [4.78, 5) is 10.1. The van der Waals surface area contributed by atoms with E-state index in [0.29, 0.717) is 17.7 Å². The van der Waals surface area contributed by atoms with Gasteiger partial charge in [-0.15, -0.1) is 5.73 Å². The van der Waals surface area contributed by atoms with Crippen LogP contribution >= 0.6 is 0 Å². The fourth-order valence-electron chi connectivity index (χ4n) is 8.92. The van der Waals surface area contributed by atoms with Crippen LogP contribution in [0, 0.1) is 12.8 Å². The first-order valence-corrected chi connectivity index (χ1v) is 19.9. The molecule has 3 aliphatic rings. The molecular weight excluding hydrogens is 703 g/mol. The van der Waals surface area contributed by atoms with Gasteiger partial charge in [0.25, 0.3) is 0 Å². The third-order valence-corrected chi connectivity index (χ3v) is 11.8. The average molecular weight is 740 g/mol. The predicted molar refractivity (Wildman–Crippen MR) is 242 cm³/mol. The van der Waals surface area contributed by atoms with E-state index in [2.05, 4.69) is 169 Å². The summed E-state index contributed by atoms with van der Waals surface area (Å²) in [5, 5.41) is 4.91. The van der Waals surface area contributed by atoms with Gasteiger partial charge in [0, 0.05) is 39.3 Å². The second kappa shape index (κ2) is 13.9. The highest BCUT2D eigenvalue weighted by Gasteiger charge is 2.26. The van der Waals surface area contributed by atoms with Crippen molar-refractivity contribution in [2.45, 2.75) is 12.8 Å². The Morgan fingerprint density at radius 3 is 2.24 bits per heavy atom.